The van der Waals surface area contributed by atoms with Crippen LogP contribution in [0.3, 0.4) is 0 Å². The summed E-state index contributed by atoms with van der Waals surface area (Å²) in [5.74, 6) is 0. The van der Waals surface area contributed by atoms with Crippen LogP contribution in [0.2, 0.25) is 0 Å². The first kappa shape index (κ1) is 47.2. The van der Waals surface area contributed by atoms with Gasteiger partial charge in [-0.15, -0.1) is 56.9 Å². The van der Waals surface area contributed by atoms with E-state index in [-0.39, 0.29) is 72.7 Å². The maximum Gasteiger partial charge on any atom is 4.00 e. The first-order valence-corrected chi connectivity index (χ1v) is 20.8. The molecule has 0 aromatic heterocycles. The van der Waals surface area contributed by atoms with Crippen LogP contribution < -0.4 is 24.8 Å². The fourth-order valence-electron chi connectivity index (χ4n) is 9.08. The van der Waals surface area contributed by atoms with Gasteiger partial charge in [-0.1, -0.05) is 167 Å². The van der Waals surface area contributed by atoms with Crippen LogP contribution in [0.15, 0.2) is 72.8 Å². The van der Waals surface area contributed by atoms with Crippen molar-refractivity contribution in [2.24, 2.45) is 0 Å². The molecule has 0 saturated carbocycles. The molecule has 6 aromatic carbocycles. The largest absolute Gasteiger partial charge is 4.00 e. The van der Waals surface area contributed by atoms with E-state index in [2.05, 4.69) is 170 Å². The summed E-state index contributed by atoms with van der Waals surface area (Å²) in [7, 11) is 0. The van der Waals surface area contributed by atoms with Gasteiger partial charge in [0.2, 0.25) is 0 Å². The molecule has 0 unspecified atom stereocenters. The maximum atomic E-state index is 2.46. The number of halogens is 2. The molecule has 300 valence electrons. The van der Waals surface area contributed by atoms with E-state index in [4.69, 9.17) is 0 Å². The van der Waals surface area contributed by atoms with Crippen molar-refractivity contribution in [3.8, 4) is 22.3 Å². The number of hydrogen-bond donors (Lipinski definition) is 0. The normalized spacial score (nSPS) is 14.0. The minimum Gasteiger partial charge on any atom is -1.00 e. The molecule has 0 fully saturated rings. The average molecular weight is 877 g/mol. The number of aryl methyl sites for hydroxylation is 4. The Bertz CT molecular complexity index is 2150. The van der Waals surface area contributed by atoms with Crippen molar-refractivity contribution in [1.29, 1.82) is 0 Å². The zero-order chi connectivity index (χ0) is 39.1. The van der Waals surface area contributed by atoms with E-state index < -0.39 is 0 Å². The summed E-state index contributed by atoms with van der Waals surface area (Å²) in [6, 6.07) is 29.1. The molecule has 3 heteroatoms. The summed E-state index contributed by atoms with van der Waals surface area (Å²) < 4.78 is 0. The summed E-state index contributed by atoms with van der Waals surface area (Å²) in [6.45, 7) is 32.4. The number of rotatable bonds is 2. The first-order valence-electron chi connectivity index (χ1n) is 20.8. The van der Waals surface area contributed by atoms with Gasteiger partial charge in [-0.3, -0.25) is 0 Å². The Hall–Kier alpha value is -2.44. The molecule has 2 aliphatic rings. The first-order chi connectivity index (χ1) is 25.1. The van der Waals surface area contributed by atoms with Gasteiger partial charge in [-0.05, 0) is 93.6 Å². The van der Waals surface area contributed by atoms with Crippen LogP contribution >= 0.6 is 0 Å². The van der Waals surface area contributed by atoms with Crippen LogP contribution in [0, 0.1) is 13.8 Å². The third-order valence-electron chi connectivity index (χ3n) is 12.4. The number of benzene rings is 4. The smallest absolute Gasteiger partial charge is 1.00 e. The Morgan fingerprint density at radius 2 is 0.702 bits per heavy atom. The van der Waals surface area contributed by atoms with E-state index >= 15 is 0 Å². The molecular weight excluding hydrogens is 811 g/mol. The number of hydrogen-bond acceptors (Lipinski definition) is 0. The van der Waals surface area contributed by atoms with Crippen LogP contribution in [0.1, 0.15) is 152 Å². The molecule has 0 spiro atoms. The second-order valence-electron chi connectivity index (χ2n) is 21.2. The maximum absolute atomic E-state index is 2.46. The molecule has 2 aliphatic carbocycles. The van der Waals surface area contributed by atoms with Crippen molar-refractivity contribution in [3.63, 3.8) is 0 Å². The standard InChI is InChI=1S/2C27H33.2ClH.Zr/c2*1-17-11-19-13-18-9-8-10-23(18)25(24(19)12-17)20-14-21(26(2,3)4)16-22(15-20)27(5,6)7;;;/h2*11-16H,8-10H2,1-7H3;2*1H;/q2*-1;;;+4/p-2. The van der Waals surface area contributed by atoms with Crippen LogP contribution in [-0.4, -0.2) is 0 Å². The van der Waals surface area contributed by atoms with Crippen molar-refractivity contribution >= 4 is 21.5 Å². The van der Waals surface area contributed by atoms with Gasteiger partial charge < -0.3 is 24.8 Å². The Kier molecular flexibility index (Phi) is 14.0. The molecular formula is C54H66Cl2Zr. The summed E-state index contributed by atoms with van der Waals surface area (Å²) >= 11 is 0. The molecule has 0 atom stereocenters. The summed E-state index contributed by atoms with van der Waals surface area (Å²) in [5.41, 5.74) is 21.3. The van der Waals surface area contributed by atoms with Crippen molar-refractivity contribution in [2.45, 2.75) is 157 Å². The van der Waals surface area contributed by atoms with Crippen LogP contribution in [0.25, 0.3) is 43.8 Å². The van der Waals surface area contributed by atoms with Gasteiger partial charge in [0.15, 0.2) is 0 Å². The van der Waals surface area contributed by atoms with Gasteiger partial charge in [0.25, 0.3) is 0 Å². The Balaban J connectivity index is 0.000000240. The Labute approximate surface area is 377 Å². The molecule has 57 heavy (non-hydrogen) atoms. The molecule has 0 amide bonds. The monoisotopic (exact) mass is 874 g/mol. The van der Waals surface area contributed by atoms with Crippen molar-refractivity contribution in [3.05, 3.63) is 128 Å². The van der Waals surface area contributed by atoms with Gasteiger partial charge >= 0.3 is 26.2 Å². The quantitative estimate of drug-likeness (QED) is 0.152. The van der Waals surface area contributed by atoms with Gasteiger partial charge in [0.05, 0.1) is 0 Å². The predicted molar refractivity (Wildman–Crippen MR) is 238 cm³/mol. The minimum absolute atomic E-state index is 0. The number of fused-ring (bicyclic) bond motifs is 4. The zero-order valence-corrected chi connectivity index (χ0v) is 41.4. The Morgan fingerprint density at radius 1 is 0.404 bits per heavy atom. The van der Waals surface area contributed by atoms with Crippen LogP contribution in [0.5, 0.6) is 0 Å². The molecule has 0 aliphatic heterocycles. The average Bonchev–Trinajstić information content (AvgIpc) is 3.86. The molecule has 0 nitrogen and oxygen atoms in total. The van der Waals surface area contributed by atoms with Crippen LogP contribution in [0.4, 0.5) is 0 Å². The molecule has 0 bridgehead atoms. The molecule has 0 radical (unpaired) electrons. The van der Waals surface area contributed by atoms with Crippen molar-refractivity contribution < 1.29 is 51.0 Å². The summed E-state index contributed by atoms with van der Waals surface area (Å²) in [4.78, 5) is 0. The zero-order valence-electron chi connectivity index (χ0n) is 37.4. The topological polar surface area (TPSA) is 0 Å². The molecule has 0 saturated heterocycles. The van der Waals surface area contributed by atoms with Crippen LogP contribution in [-0.2, 0) is 73.5 Å². The third kappa shape index (κ3) is 9.64. The minimum atomic E-state index is 0. The van der Waals surface area contributed by atoms with Gasteiger partial charge in [0, 0.05) is 0 Å². The predicted octanol–water partition coefficient (Wildman–Crippen LogP) is 9.24. The van der Waals surface area contributed by atoms with Gasteiger partial charge in [-0.2, -0.15) is 12.1 Å². The second kappa shape index (κ2) is 16.9. The molecule has 0 N–H and O–H groups in total. The fourth-order valence-corrected chi connectivity index (χ4v) is 9.08. The van der Waals surface area contributed by atoms with Gasteiger partial charge in [0.1, 0.15) is 0 Å². The van der Waals surface area contributed by atoms with Gasteiger partial charge in [-0.25, -0.2) is 0 Å². The summed E-state index contributed by atoms with van der Waals surface area (Å²) in [5, 5.41) is 5.72. The summed E-state index contributed by atoms with van der Waals surface area (Å²) in [6.07, 6.45) is 7.48. The van der Waals surface area contributed by atoms with E-state index in [1.807, 2.05) is 0 Å². The van der Waals surface area contributed by atoms with Crippen molar-refractivity contribution in [1.82, 2.24) is 0 Å². The SMILES string of the molecule is Cc1cc2c(-c3cc(C(C)(C)C)cc(C(C)(C)C)c3)c3c(cc2[cH-]1)CCC3.Cc1cc2c(-c3cc(C(C)(C)C)cc(C(C)(C)C)c3)c3c(cc2[cH-]1)CCC3.[Cl-].[Cl-].[Zr+4]. The Morgan fingerprint density at radius 3 is 0.982 bits per heavy atom. The molecule has 8 rings (SSSR count). The van der Waals surface area contributed by atoms with E-state index in [0.29, 0.717) is 0 Å². The van der Waals surface area contributed by atoms with E-state index in [1.54, 1.807) is 22.3 Å². The third-order valence-corrected chi connectivity index (χ3v) is 12.4. The fraction of sp³-hybridized carbons (Fsp3) is 0.444. The van der Waals surface area contributed by atoms with Crippen molar-refractivity contribution in [2.75, 3.05) is 0 Å². The van der Waals surface area contributed by atoms with E-state index in [1.165, 1.54) is 116 Å². The van der Waals surface area contributed by atoms with E-state index in [9.17, 15) is 0 Å². The molecule has 0 heterocycles. The second-order valence-corrected chi connectivity index (χ2v) is 21.2. The van der Waals surface area contributed by atoms with E-state index in [0.717, 1.165) is 0 Å². The molecule has 6 aromatic rings.